The summed E-state index contributed by atoms with van der Waals surface area (Å²) in [5.41, 5.74) is 2.18. The lowest BCUT2D eigenvalue weighted by molar-refractivity contribution is 0.0599. The number of carbonyl (C=O) groups is 2. The third-order valence-corrected chi connectivity index (χ3v) is 4.40. The van der Waals surface area contributed by atoms with Crippen LogP contribution < -0.4 is 11.0 Å². The van der Waals surface area contributed by atoms with Crippen molar-refractivity contribution in [1.29, 1.82) is 0 Å². The molecule has 1 amide bonds. The van der Waals surface area contributed by atoms with Crippen LogP contribution in [0.5, 0.6) is 0 Å². The van der Waals surface area contributed by atoms with Gasteiger partial charge in [0.05, 0.1) is 19.2 Å². The van der Waals surface area contributed by atoms with E-state index in [1.165, 1.54) is 16.2 Å². The number of H-pyrrole nitrogens is 1. The van der Waals surface area contributed by atoms with E-state index in [1.807, 2.05) is 6.92 Å². The summed E-state index contributed by atoms with van der Waals surface area (Å²) in [6.45, 7) is 4.03. The van der Waals surface area contributed by atoms with Gasteiger partial charge in [-0.15, -0.1) is 5.10 Å². The van der Waals surface area contributed by atoms with Gasteiger partial charge in [-0.1, -0.05) is 13.0 Å². The number of ether oxygens (including phenoxy) is 1. The molecule has 0 aliphatic carbocycles. The standard InChI is InChI=1S/C18H21N5O4/c1-4-12-14(17(25)27-3)11(2)15(20-12)16(24)19-8-10-23-18(26)22-9-6-5-7-13(22)21-23/h5-7,9,20H,4,8,10H2,1-3H3,(H,19,24). The summed E-state index contributed by atoms with van der Waals surface area (Å²) in [5, 5.41) is 6.96. The molecule has 0 aromatic carbocycles. The van der Waals surface area contributed by atoms with Crippen LogP contribution >= 0.6 is 0 Å². The Morgan fingerprint density at radius 3 is 2.78 bits per heavy atom. The second kappa shape index (κ2) is 7.48. The number of amides is 1. The first-order valence-corrected chi connectivity index (χ1v) is 8.60. The van der Waals surface area contributed by atoms with Gasteiger partial charge < -0.3 is 15.0 Å². The Balaban J connectivity index is 1.72. The number of nitrogens with zero attached hydrogens (tertiary/aromatic N) is 3. The summed E-state index contributed by atoms with van der Waals surface area (Å²) in [6, 6.07) is 5.28. The van der Waals surface area contributed by atoms with E-state index in [9.17, 15) is 14.4 Å². The van der Waals surface area contributed by atoms with Crippen molar-refractivity contribution in [3.8, 4) is 0 Å². The van der Waals surface area contributed by atoms with Crippen molar-refractivity contribution in [2.75, 3.05) is 13.7 Å². The van der Waals surface area contributed by atoms with Gasteiger partial charge in [0.2, 0.25) is 0 Å². The van der Waals surface area contributed by atoms with Crippen molar-refractivity contribution >= 4 is 17.5 Å². The highest BCUT2D eigenvalue weighted by atomic mass is 16.5. The number of pyridine rings is 1. The zero-order valence-corrected chi connectivity index (χ0v) is 15.4. The van der Waals surface area contributed by atoms with Gasteiger partial charge in [0.15, 0.2) is 5.65 Å². The van der Waals surface area contributed by atoms with Gasteiger partial charge in [0.1, 0.15) is 5.69 Å². The number of nitrogens with one attached hydrogen (secondary N) is 2. The van der Waals surface area contributed by atoms with Gasteiger partial charge >= 0.3 is 11.7 Å². The number of aryl methyl sites for hydroxylation is 1. The molecule has 3 rings (SSSR count). The molecule has 2 N–H and O–H groups in total. The Bertz CT molecular complexity index is 1060. The van der Waals surface area contributed by atoms with Gasteiger partial charge in [-0.05, 0) is 31.0 Å². The summed E-state index contributed by atoms with van der Waals surface area (Å²) in [5.74, 6) is -0.829. The third kappa shape index (κ3) is 3.35. The smallest absolute Gasteiger partial charge is 0.350 e. The summed E-state index contributed by atoms with van der Waals surface area (Å²) in [4.78, 5) is 39.7. The SMILES string of the molecule is CCc1[nH]c(C(=O)NCCn2nc3ccccn3c2=O)c(C)c1C(=O)OC. The molecule has 0 aliphatic heterocycles. The van der Waals surface area contributed by atoms with E-state index >= 15 is 0 Å². The van der Waals surface area contributed by atoms with Crippen LogP contribution in [0.3, 0.4) is 0 Å². The molecule has 0 aliphatic rings. The fourth-order valence-electron chi connectivity index (χ4n) is 3.01. The lowest BCUT2D eigenvalue weighted by Crippen LogP contribution is -2.31. The molecule has 0 atom stereocenters. The fourth-order valence-corrected chi connectivity index (χ4v) is 3.01. The van der Waals surface area contributed by atoms with Crippen molar-refractivity contribution < 1.29 is 14.3 Å². The number of hydrogen-bond donors (Lipinski definition) is 2. The van der Waals surface area contributed by atoms with Gasteiger partial charge in [-0.2, -0.15) is 0 Å². The quantitative estimate of drug-likeness (QED) is 0.626. The molecule has 9 heteroatoms. The Labute approximate surface area is 155 Å². The highest BCUT2D eigenvalue weighted by Crippen LogP contribution is 2.20. The van der Waals surface area contributed by atoms with Crippen LogP contribution in [0, 0.1) is 6.92 Å². The van der Waals surface area contributed by atoms with E-state index in [-0.39, 0.29) is 24.7 Å². The molecule has 3 aromatic rings. The molecule has 27 heavy (non-hydrogen) atoms. The molecule has 3 heterocycles. The average Bonchev–Trinajstić information content (AvgIpc) is 3.18. The van der Waals surface area contributed by atoms with Crippen molar-refractivity contribution in [3.63, 3.8) is 0 Å². The maximum absolute atomic E-state index is 12.5. The maximum Gasteiger partial charge on any atom is 0.350 e. The molecule has 0 bridgehead atoms. The number of esters is 1. The molecule has 3 aromatic heterocycles. The zero-order valence-electron chi connectivity index (χ0n) is 15.4. The topological polar surface area (TPSA) is 110 Å². The molecule has 142 valence electrons. The molecule has 0 unspecified atom stereocenters. The number of aromatic amines is 1. The number of carbonyl (C=O) groups excluding carboxylic acids is 2. The van der Waals surface area contributed by atoms with E-state index in [0.717, 1.165) is 0 Å². The predicted octanol–water partition coefficient (Wildman–Crippen LogP) is 0.912. The molecular formula is C18H21N5O4. The number of aromatic nitrogens is 4. The summed E-state index contributed by atoms with van der Waals surface area (Å²) < 4.78 is 7.53. The van der Waals surface area contributed by atoms with Crippen LogP contribution in [-0.4, -0.2) is 44.7 Å². The van der Waals surface area contributed by atoms with Crippen molar-refractivity contribution in [2.45, 2.75) is 26.8 Å². The highest BCUT2D eigenvalue weighted by Gasteiger charge is 2.23. The fraction of sp³-hybridized carbons (Fsp3) is 0.333. The van der Waals surface area contributed by atoms with Crippen LogP contribution in [0.4, 0.5) is 0 Å². The largest absolute Gasteiger partial charge is 0.465 e. The minimum absolute atomic E-state index is 0.218. The first-order chi connectivity index (χ1) is 13.0. The minimum atomic E-state index is -0.476. The lowest BCUT2D eigenvalue weighted by Gasteiger charge is -2.04. The summed E-state index contributed by atoms with van der Waals surface area (Å²) in [6.07, 6.45) is 2.21. The van der Waals surface area contributed by atoms with E-state index < -0.39 is 5.97 Å². The van der Waals surface area contributed by atoms with E-state index in [2.05, 4.69) is 15.4 Å². The molecule has 0 spiro atoms. The Hall–Kier alpha value is -3.36. The van der Waals surface area contributed by atoms with E-state index in [0.29, 0.717) is 34.6 Å². The zero-order chi connectivity index (χ0) is 19.6. The van der Waals surface area contributed by atoms with Crippen LogP contribution in [0.2, 0.25) is 0 Å². The monoisotopic (exact) mass is 371 g/mol. The Morgan fingerprint density at radius 1 is 1.33 bits per heavy atom. The third-order valence-electron chi connectivity index (χ3n) is 4.40. The number of hydrogen-bond acceptors (Lipinski definition) is 5. The molecular weight excluding hydrogens is 350 g/mol. The van der Waals surface area contributed by atoms with Crippen LogP contribution in [0.1, 0.15) is 39.0 Å². The van der Waals surface area contributed by atoms with Crippen LogP contribution in [0.25, 0.3) is 5.65 Å². The van der Waals surface area contributed by atoms with Gasteiger partial charge in [-0.25, -0.2) is 14.3 Å². The van der Waals surface area contributed by atoms with Gasteiger partial charge in [0.25, 0.3) is 5.91 Å². The number of rotatable bonds is 6. The predicted molar refractivity (Wildman–Crippen MR) is 98.0 cm³/mol. The minimum Gasteiger partial charge on any atom is -0.465 e. The molecule has 0 radical (unpaired) electrons. The van der Waals surface area contributed by atoms with Crippen molar-refractivity contribution in [3.05, 3.63) is 57.4 Å². The van der Waals surface area contributed by atoms with E-state index in [1.54, 1.807) is 31.3 Å². The normalized spacial score (nSPS) is 10.9. The van der Waals surface area contributed by atoms with Crippen LogP contribution in [0.15, 0.2) is 29.2 Å². The lowest BCUT2D eigenvalue weighted by atomic mass is 10.1. The molecule has 0 saturated heterocycles. The first kappa shape index (κ1) is 18.4. The second-order valence-electron chi connectivity index (χ2n) is 6.01. The maximum atomic E-state index is 12.5. The average molecular weight is 371 g/mol. The number of methoxy groups -OCH3 is 1. The Morgan fingerprint density at radius 2 is 2.11 bits per heavy atom. The van der Waals surface area contributed by atoms with Crippen molar-refractivity contribution in [1.82, 2.24) is 24.5 Å². The van der Waals surface area contributed by atoms with Crippen LogP contribution in [-0.2, 0) is 17.7 Å². The van der Waals surface area contributed by atoms with Gasteiger partial charge in [-0.3, -0.25) is 9.20 Å². The van der Waals surface area contributed by atoms with E-state index in [4.69, 9.17) is 4.74 Å². The molecule has 9 nitrogen and oxygen atoms in total. The highest BCUT2D eigenvalue weighted by molar-refractivity contribution is 6.00. The summed E-state index contributed by atoms with van der Waals surface area (Å²) in [7, 11) is 1.31. The molecule has 0 saturated carbocycles. The first-order valence-electron chi connectivity index (χ1n) is 8.60. The Kier molecular flexibility index (Phi) is 5.11. The molecule has 0 fully saturated rings. The number of fused-ring (bicyclic) bond motifs is 1. The summed E-state index contributed by atoms with van der Waals surface area (Å²) >= 11 is 0. The van der Waals surface area contributed by atoms with Crippen molar-refractivity contribution in [2.24, 2.45) is 0 Å². The van der Waals surface area contributed by atoms with Gasteiger partial charge in [0, 0.05) is 18.4 Å². The second-order valence-corrected chi connectivity index (χ2v) is 6.01.